The average molecular weight is 457 g/mol. The first-order valence-corrected chi connectivity index (χ1v) is 19.2. The SMILES string of the molecule is CCCCCCCCCCCCCCCC[Si]1(C)CCCCO1.C[SiH]1CCCCO1. The summed E-state index contributed by atoms with van der Waals surface area (Å²) in [6.07, 6.45) is 25.9. The van der Waals surface area contributed by atoms with Crippen molar-refractivity contribution in [3.05, 3.63) is 0 Å². The van der Waals surface area contributed by atoms with E-state index in [0.29, 0.717) is 0 Å². The van der Waals surface area contributed by atoms with E-state index in [1.54, 1.807) is 0 Å². The normalized spacial score (nSPS) is 24.3. The lowest BCUT2D eigenvalue weighted by atomic mass is 10.0. The number of unbranched alkanes of at least 4 members (excludes halogenated alkanes) is 13. The maximum atomic E-state index is 6.12. The van der Waals surface area contributed by atoms with E-state index in [-0.39, 0.29) is 0 Å². The largest absolute Gasteiger partial charge is 0.420 e. The van der Waals surface area contributed by atoms with Crippen molar-refractivity contribution in [1.82, 2.24) is 0 Å². The topological polar surface area (TPSA) is 18.5 Å². The van der Waals surface area contributed by atoms with Crippen molar-refractivity contribution in [1.29, 1.82) is 0 Å². The first-order chi connectivity index (χ1) is 14.7. The number of hydrogen-bond donors (Lipinski definition) is 0. The zero-order chi connectivity index (χ0) is 21.8. The molecular formula is C26H56O2Si2. The van der Waals surface area contributed by atoms with Gasteiger partial charge in [0.05, 0.1) is 0 Å². The quantitative estimate of drug-likeness (QED) is 0.181. The zero-order valence-corrected chi connectivity index (χ0v) is 23.3. The summed E-state index contributed by atoms with van der Waals surface area (Å²) in [7, 11) is -1.83. The van der Waals surface area contributed by atoms with Gasteiger partial charge >= 0.3 is 0 Å². The fourth-order valence-electron chi connectivity index (χ4n) is 4.78. The van der Waals surface area contributed by atoms with E-state index < -0.39 is 17.4 Å². The van der Waals surface area contributed by atoms with Crippen LogP contribution in [0.15, 0.2) is 0 Å². The van der Waals surface area contributed by atoms with Crippen LogP contribution >= 0.6 is 0 Å². The number of hydrogen-bond acceptors (Lipinski definition) is 2. The van der Waals surface area contributed by atoms with Gasteiger partial charge in [-0.2, -0.15) is 0 Å². The molecule has 2 heterocycles. The summed E-state index contributed by atoms with van der Waals surface area (Å²) in [6, 6.07) is 4.25. The molecular weight excluding hydrogens is 400 g/mol. The Labute approximate surface area is 193 Å². The zero-order valence-electron chi connectivity index (χ0n) is 21.2. The lowest BCUT2D eigenvalue weighted by Gasteiger charge is -2.31. The molecule has 2 unspecified atom stereocenters. The van der Waals surface area contributed by atoms with Crippen molar-refractivity contribution in [2.45, 2.75) is 154 Å². The highest BCUT2D eigenvalue weighted by atomic mass is 28.4. The second-order valence-corrected chi connectivity index (χ2v) is 17.0. The van der Waals surface area contributed by atoms with Gasteiger partial charge in [0.1, 0.15) is 0 Å². The summed E-state index contributed by atoms with van der Waals surface area (Å²) >= 11 is 0. The van der Waals surface area contributed by atoms with Gasteiger partial charge in [-0.3, -0.25) is 0 Å². The first-order valence-electron chi connectivity index (χ1n) is 13.9. The fraction of sp³-hybridized carbons (Fsp3) is 1.00. The van der Waals surface area contributed by atoms with Gasteiger partial charge in [-0.05, 0) is 44.1 Å². The van der Waals surface area contributed by atoms with Gasteiger partial charge in [-0.1, -0.05) is 110 Å². The van der Waals surface area contributed by atoms with E-state index >= 15 is 0 Å². The highest BCUT2D eigenvalue weighted by Crippen LogP contribution is 2.27. The molecule has 2 aliphatic heterocycles. The molecule has 0 radical (unpaired) electrons. The van der Waals surface area contributed by atoms with Crippen LogP contribution in [-0.2, 0) is 8.85 Å². The van der Waals surface area contributed by atoms with Crippen molar-refractivity contribution in [3.8, 4) is 0 Å². The molecule has 2 aliphatic rings. The van der Waals surface area contributed by atoms with E-state index in [1.807, 2.05) is 0 Å². The molecule has 2 rings (SSSR count). The Bertz CT molecular complexity index is 353. The average Bonchev–Trinajstić information content (AvgIpc) is 2.75. The van der Waals surface area contributed by atoms with Crippen LogP contribution in [0, 0.1) is 0 Å². The monoisotopic (exact) mass is 456 g/mol. The van der Waals surface area contributed by atoms with E-state index in [2.05, 4.69) is 20.0 Å². The summed E-state index contributed by atoms with van der Waals surface area (Å²) in [6.45, 7) is 9.15. The minimum absolute atomic E-state index is 0.595. The molecule has 4 heteroatoms. The molecule has 0 amide bonds. The highest BCUT2D eigenvalue weighted by Gasteiger charge is 2.30. The molecule has 0 saturated carbocycles. The molecule has 2 atom stereocenters. The van der Waals surface area contributed by atoms with E-state index in [4.69, 9.17) is 8.85 Å². The molecule has 0 aromatic rings. The molecule has 180 valence electrons. The summed E-state index contributed by atoms with van der Waals surface area (Å²) in [5, 5.41) is 0. The van der Waals surface area contributed by atoms with Crippen LogP contribution in [0.2, 0.25) is 31.2 Å². The predicted octanol–water partition coefficient (Wildman–Crippen LogP) is 9.00. The van der Waals surface area contributed by atoms with Crippen molar-refractivity contribution in [3.63, 3.8) is 0 Å². The Hall–Kier alpha value is 0.354. The van der Waals surface area contributed by atoms with Gasteiger partial charge in [0.25, 0.3) is 0 Å². The molecule has 0 spiro atoms. The third-order valence-corrected chi connectivity index (χ3v) is 12.8. The predicted molar refractivity (Wildman–Crippen MR) is 140 cm³/mol. The molecule has 0 N–H and O–H groups in total. The lowest BCUT2D eigenvalue weighted by Crippen LogP contribution is -2.37. The molecule has 0 aliphatic carbocycles. The van der Waals surface area contributed by atoms with E-state index in [9.17, 15) is 0 Å². The third kappa shape index (κ3) is 17.0. The van der Waals surface area contributed by atoms with Crippen LogP contribution in [0.3, 0.4) is 0 Å². The maximum absolute atomic E-state index is 6.12. The van der Waals surface area contributed by atoms with Crippen molar-refractivity contribution in [2.75, 3.05) is 13.2 Å². The highest BCUT2D eigenvalue weighted by molar-refractivity contribution is 6.72. The molecule has 2 fully saturated rings. The lowest BCUT2D eigenvalue weighted by molar-refractivity contribution is 0.269. The Balaban J connectivity index is 0.000000539. The van der Waals surface area contributed by atoms with Crippen molar-refractivity contribution < 1.29 is 8.85 Å². The van der Waals surface area contributed by atoms with Crippen LogP contribution in [0.5, 0.6) is 0 Å². The molecule has 0 aromatic heterocycles. The molecule has 2 saturated heterocycles. The van der Waals surface area contributed by atoms with E-state index in [0.717, 1.165) is 13.2 Å². The summed E-state index contributed by atoms with van der Waals surface area (Å²) in [4.78, 5) is 0. The Morgan fingerprint density at radius 1 is 0.667 bits per heavy atom. The summed E-state index contributed by atoms with van der Waals surface area (Å²) in [5.41, 5.74) is 0. The Morgan fingerprint density at radius 2 is 1.20 bits per heavy atom. The number of rotatable bonds is 15. The molecule has 30 heavy (non-hydrogen) atoms. The fourth-order valence-corrected chi connectivity index (χ4v) is 9.55. The smallest absolute Gasteiger partial charge is 0.189 e. The van der Waals surface area contributed by atoms with Gasteiger partial charge in [-0.25, -0.2) is 0 Å². The second-order valence-electron chi connectivity index (χ2n) is 10.3. The van der Waals surface area contributed by atoms with Crippen molar-refractivity contribution >= 4 is 17.4 Å². The van der Waals surface area contributed by atoms with Gasteiger partial charge in [0, 0.05) is 13.2 Å². The van der Waals surface area contributed by atoms with Crippen LogP contribution in [0.1, 0.15) is 122 Å². The summed E-state index contributed by atoms with van der Waals surface area (Å²) < 4.78 is 11.5. The Morgan fingerprint density at radius 3 is 1.60 bits per heavy atom. The summed E-state index contributed by atoms with van der Waals surface area (Å²) in [5.74, 6) is 0. The van der Waals surface area contributed by atoms with Crippen LogP contribution in [-0.4, -0.2) is 30.6 Å². The van der Waals surface area contributed by atoms with Crippen LogP contribution in [0.4, 0.5) is 0 Å². The second kappa shape index (κ2) is 20.0. The standard InChI is InChI=1S/C21H44OSi.C5H12OSi/c1-3-4-5-6-7-8-9-10-11-12-13-14-15-17-20-23(2)21-18-16-19-22-23;1-7-5-3-2-4-6-7/h3-21H2,1-2H3;7H,2-5H2,1H3. The van der Waals surface area contributed by atoms with Crippen LogP contribution in [0.25, 0.3) is 0 Å². The van der Waals surface area contributed by atoms with Crippen molar-refractivity contribution in [2.24, 2.45) is 0 Å². The van der Waals surface area contributed by atoms with E-state index in [1.165, 1.54) is 134 Å². The minimum atomic E-state index is -1.24. The molecule has 0 aromatic carbocycles. The Kier molecular flexibility index (Phi) is 18.9. The third-order valence-electron chi connectivity index (χ3n) is 7.02. The first kappa shape index (κ1) is 28.4. The van der Waals surface area contributed by atoms with Gasteiger partial charge in [-0.15, -0.1) is 0 Å². The minimum Gasteiger partial charge on any atom is -0.420 e. The van der Waals surface area contributed by atoms with Gasteiger partial charge in [0.15, 0.2) is 17.4 Å². The van der Waals surface area contributed by atoms with Crippen LogP contribution < -0.4 is 0 Å². The maximum Gasteiger partial charge on any atom is 0.189 e. The molecule has 2 nitrogen and oxygen atoms in total. The van der Waals surface area contributed by atoms with Gasteiger partial charge in [0.2, 0.25) is 0 Å². The molecule has 0 bridgehead atoms. The van der Waals surface area contributed by atoms with Gasteiger partial charge < -0.3 is 8.85 Å².